The summed E-state index contributed by atoms with van der Waals surface area (Å²) in [6, 6.07) is -0.0157. The van der Waals surface area contributed by atoms with Crippen molar-refractivity contribution in [2.24, 2.45) is 0 Å². The number of hydrogen-bond donors (Lipinski definition) is 4. The van der Waals surface area contributed by atoms with Crippen LogP contribution in [-0.4, -0.2) is 34.8 Å². The van der Waals surface area contributed by atoms with Crippen LogP contribution in [0.25, 0.3) is 0 Å². The van der Waals surface area contributed by atoms with Crippen LogP contribution in [0.3, 0.4) is 0 Å². The van der Waals surface area contributed by atoms with E-state index < -0.39 is 0 Å². The maximum atomic E-state index is 11.9. The fraction of sp³-hybridized carbons (Fsp3) is 0.667. The number of aromatic amines is 1. The minimum absolute atomic E-state index is 0. The Morgan fingerprint density at radius 2 is 2.05 bits per heavy atom. The second kappa shape index (κ2) is 7.72. The first-order valence-corrected chi connectivity index (χ1v) is 6.46. The molecule has 0 aromatic carbocycles. The van der Waals surface area contributed by atoms with Crippen LogP contribution >= 0.6 is 24.8 Å². The SMILES string of the molecule is CCCOCC1Nc2c(nc(N)[nH]c2=O)NC1(C)C.Cl.Cl. The predicted octanol–water partition coefficient (Wildman–Crippen LogP) is 1.61. The quantitative estimate of drug-likeness (QED) is 0.621. The van der Waals surface area contributed by atoms with Gasteiger partial charge in [-0.25, -0.2) is 0 Å². The number of halogens is 2. The van der Waals surface area contributed by atoms with Crippen molar-refractivity contribution in [2.45, 2.75) is 38.8 Å². The van der Waals surface area contributed by atoms with Crippen LogP contribution in [0, 0.1) is 0 Å². The highest BCUT2D eigenvalue weighted by Crippen LogP contribution is 2.29. The lowest BCUT2D eigenvalue weighted by Gasteiger charge is -2.41. The van der Waals surface area contributed by atoms with Crippen molar-refractivity contribution >= 4 is 42.3 Å². The monoisotopic (exact) mass is 339 g/mol. The van der Waals surface area contributed by atoms with Crippen LogP contribution in [0.1, 0.15) is 27.2 Å². The Balaban J connectivity index is 0.00000200. The average molecular weight is 340 g/mol. The van der Waals surface area contributed by atoms with Gasteiger partial charge in [-0.2, -0.15) is 4.98 Å². The third-order valence-electron chi connectivity index (χ3n) is 3.20. The molecule has 1 aromatic rings. The van der Waals surface area contributed by atoms with Gasteiger partial charge >= 0.3 is 0 Å². The van der Waals surface area contributed by atoms with Crippen LogP contribution in [0.2, 0.25) is 0 Å². The number of nitrogens with zero attached hydrogens (tertiary/aromatic N) is 1. The average Bonchev–Trinajstić information content (AvgIpc) is 2.29. The first kappa shape index (κ1) is 19.8. The molecule has 1 aliphatic heterocycles. The van der Waals surface area contributed by atoms with E-state index in [0.29, 0.717) is 24.7 Å². The minimum atomic E-state index is -0.284. The lowest BCUT2D eigenvalue weighted by atomic mass is 9.92. The van der Waals surface area contributed by atoms with E-state index in [4.69, 9.17) is 10.5 Å². The van der Waals surface area contributed by atoms with Gasteiger partial charge in [0, 0.05) is 6.61 Å². The number of nitrogens with two attached hydrogens (primary N) is 1. The van der Waals surface area contributed by atoms with Crippen molar-refractivity contribution in [3.8, 4) is 0 Å². The number of H-pyrrole nitrogens is 1. The highest BCUT2D eigenvalue weighted by Gasteiger charge is 2.36. The van der Waals surface area contributed by atoms with Crippen LogP contribution < -0.4 is 21.9 Å². The molecular formula is C12H23Cl2N5O2. The minimum Gasteiger partial charge on any atom is -0.379 e. The summed E-state index contributed by atoms with van der Waals surface area (Å²) in [4.78, 5) is 18.4. The van der Waals surface area contributed by atoms with Crippen molar-refractivity contribution in [3.63, 3.8) is 0 Å². The van der Waals surface area contributed by atoms with Crippen LogP contribution in [0.4, 0.5) is 17.5 Å². The van der Waals surface area contributed by atoms with Gasteiger partial charge in [-0.3, -0.25) is 9.78 Å². The maximum Gasteiger partial charge on any atom is 0.277 e. The summed E-state index contributed by atoms with van der Waals surface area (Å²) in [5.41, 5.74) is 5.40. The number of rotatable bonds is 4. The van der Waals surface area contributed by atoms with Crippen LogP contribution in [0.5, 0.6) is 0 Å². The van der Waals surface area contributed by atoms with Gasteiger partial charge in [-0.15, -0.1) is 24.8 Å². The Labute approximate surface area is 136 Å². The van der Waals surface area contributed by atoms with E-state index >= 15 is 0 Å². The third-order valence-corrected chi connectivity index (χ3v) is 3.20. The summed E-state index contributed by atoms with van der Waals surface area (Å²) in [5, 5.41) is 6.43. The summed E-state index contributed by atoms with van der Waals surface area (Å²) >= 11 is 0. The second-order valence-corrected chi connectivity index (χ2v) is 5.29. The largest absolute Gasteiger partial charge is 0.379 e. The molecule has 0 bridgehead atoms. The van der Waals surface area contributed by atoms with Crippen LogP contribution in [0.15, 0.2) is 4.79 Å². The first-order valence-electron chi connectivity index (χ1n) is 6.46. The molecular weight excluding hydrogens is 317 g/mol. The molecule has 0 radical (unpaired) electrons. The summed E-state index contributed by atoms with van der Waals surface area (Å²) < 4.78 is 5.58. The second-order valence-electron chi connectivity index (χ2n) is 5.29. The van der Waals surface area contributed by atoms with Crippen molar-refractivity contribution < 1.29 is 4.74 Å². The van der Waals surface area contributed by atoms with Crippen molar-refractivity contribution in [1.29, 1.82) is 0 Å². The Morgan fingerprint density at radius 3 is 2.67 bits per heavy atom. The molecule has 1 aromatic heterocycles. The van der Waals surface area contributed by atoms with E-state index in [0.717, 1.165) is 6.42 Å². The lowest BCUT2D eigenvalue weighted by molar-refractivity contribution is 0.112. The molecule has 2 heterocycles. The fourth-order valence-electron chi connectivity index (χ4n) is 2.06. The Hall–Kier alpha value is -1.18. The third kappa shape index (κ3) is 4.39. The van der Waals surface area contributed by atoms with Gasteiger partial charge < -0.3 is 21.1 Å². The number of aromatic nitrogens is 2. The molecule has 1 atom stereocenters. The zero-order valence-electron chi connectivity index (χ0n) is 12.4. The van der Waals surface area contributed by atoms with Gasteiger partial charge in [-0.1, -0.05) is 6.92 Å². The topological polar surface area (TPSA) is 105 Å². The van der Waals surface area contributed by atoms with Gasteiger partial charge in [-0.05, 0) is 20.3 Å². The smallest absolute Gasteiger partial charge is 0.277 e. The molecule has 1 unspecified atom stereocenters. The zero-order valence-corrected chi connectivity index (χ0v) is 14.0. The van der Waals surface area contributed by atoms with E-state index in [-0.39, 0.29) is 47.9 Å². The number of ether oxygens (including phenoxy) is 1. The highest BCUT2D eigenvalue weighted by molar-refractivity contribution is 5.85. The molecule has 21 heavy (non-hydrogen) atoms. The van der Waals surface area contributed by atoms with Gasteiger partial charge in [0.25, 0.3) is 5.56 Å². The van der Waals surface area contributed by atoms with E-state index in [1.165, 1.54) is 0 Å². The van der Waals surface area contributed by atoms with Crippen molar-refractivity contribution in [3.05, 3.63) is 10.4 Å². The van der Waals surface area contributed by atoms with Crippen LogP contribution in [-0.2, 0) is 4.74 Å². The first-order chi connectivity index (χ1) is 8.94. The molecule has 0 spiro atoms. The van der Waals surface area contributed by atoms with Crippen molar-refractivity contribution in [2.75, 3.05) is 29.6 Å². The number of nitrogens with one attached hydrogen (secondary N) is 3. The zero-order chi connectivity index (χ0) is 14.0. The predicted molar refractivity (Wildman–Crippen MR) is 90.0 cm³/mol. The molecule has 2 rings (SSSR count). The molecule has 122 valence electrons. The maximum absolute atomic E-state index is 11.9. The summed E-state index contributed by atoms with van der Waals surface area (Å²) in [7, 11) is 0. The van der Waals surface area contributed by atoms with Crippen molar-refractivity contribution in [1.82, 2.24) is 9.97 Å². The molecule has 5 N–H and O–H groups in total. The van der Waals surface area contributed by atoms with E-state index in [2.05, 4.69) is 27.5 Å². The molecule has 0 saturated carbocycles. The fourth-order valence-corrected chi connectivity index (χ4v) is 2.06. The molecule has 0 fully saturated rings. The van der Waals surface area contributed by atoms with Gasteiger partial charge in [0.1, 0.15) is 5.69 Å². The normalized spacial score (nSPS) is 18.3. The molecule has 9 heteroatoms. The Bertz CT molecular complexity index is 521. The number of nitrogen functional groups attached to an aromatic ring is 1. The molecule has 0 aliphatic carbocycles. The van der Waals surface area contributed by atoms with Gasteiger partial charge in [0.2, 0.25) is 5.95 Å². The Kier molecular flexibility index (Phi) is 7.29. The number of anilines is 3. The standard InChI is InChI=1S/C12H21N5O2.2ClH/c1-4-5-19-6-7-12(2,3)17-9-8(14-7)10(18)16-11(13)15-9;;/h7,14H,4-6H2,1-3H3,(H4,13,15,16,17,18);2*1H. The Morgan fingerprint density at radius 1 is 1.38 bits per heavy atom. The van der Waals surface area contributed by atoms with E-state index in [1.807, 2.05) is 13.8 Å². The van der Waals surface area contributed by atoms with E-state index in [1.54, 1.807) is 0 Å². The summed E-state index contributed by atoms with van der Waals surface area (Å²) in [6.07, 6.45) is 0.968. The van der Waals surface area contributed by atoms with Gasteiger partial charge in [0.15, 0.2) is 5.82 Å². The lowest BCUT2D eigenvalue weighted by Crippen LogP contribution is -2.55. The molecule has 0 saturated heterocycles. The van der Waals surface area contributed by atoms with E-state index in [9.17, 15) is 4.79 Å². The molecule has 0 amide bonds. The highest BCUT2D eigenvalue weighted by atomic mass is 35.5. The number of hydrogen-bond acceptors (Lipinski definition) is 6. The summed E-state index contributed by atoms with van der Waals surface area (Å²) in [5.74, 6) is 0.590. The molecule has 1 aliphatic rings. The number of fused-ring (bicyclic) bond motifs is 1. The molecule has 7 nitrogen and oxygen atoms in total. The van der Waals surface area contributed by atoms with Gasteiger partial charge in [0.05, 0.1) is 18.2 Å². The summed E-state index contributed by atoms with van der Waals surface area (Å²) in [6.45, 7) is 7.35.